The zero-order valence-corrected chi connectivity index (χ0v) is 10.7. The van der Waals surface area contributed by atoms with Gasteiger partial charge in [-0.2, -0.15) is 0 Å². The van der Waals surface area contributed by atoms with Crippen LogP contribution in [0.4, 0.5) is 5.69 Å². The summed E-state index contributed by atoms with van der Waals surface area (Å²) in [5, 5.41) is 11.2. The number of ketones is 2. The summed E-state index contributed by atoms with van der Waals surface area (Å²) < 4.78 is 0. The molecular formula is C14H6ClNO4. The van der Waals surface area contributed by atoms with E-state index in [1.54, 1.807) is 0 Å². The van der Waals surface area contributed by atoms with E-state index < -0.39 is 16.5 Å². The lowest BCUT2D eigenvalue weighted by Gasteiger charge is -2.17. The Hall–Kier alpha value is -2.53. The van der Waals surface area contributed by atoms with Crippen molar-refractivity contribution in [3.63, 3.8) is 0 Å². The minimum absolute atomic E-state index is 0.0183. The highest BCUT2D eigenvalue weighted by atomic mass is 35.5. The molecule has 0 aromatic heterocycles. The first kappa shape index (κ1) is 12.5. The summed E-state index contributed by atoms with van der Waals surface area (Å²) in [4.78, 5) is 35.2. The van der Waals surface area contributed by atoms with E-state index in [9.17, 15) is 19.7 Å². The zero-order valence-electron chi connectivity index (χ0n) is 9.92. The van der Waals surface area contributed by atoms with Crippen LogP contribution in [0.15, 0.2) is 36.4 Å². The predicted octanol–water partition coefficient (Wildman–Crippen LogP) is 3.02. The Morgan fingerprint density at radius 3 is 2.10 bits per heavy atom. The third kappa shape index (κ3) is 1.57. The molecule has 0 radical (unpaired) electrons. The molecule has 0 saturated heterocycles. The van der Waals surface area contributed by atoms with E-state index in [1.807, 2.05) is 0 Å². The minimum atomic E-state index is -0.667. The van der Waals surface area contributed by atoms with Crippen LogP contribution < -0.4 is 0 Å². The van der Waals surface area contributed by atoms with Gasteiger partial charge in [-0.1, -0.05) is 29.8 Å². The summed E-state index contributed by atoms with van der Waals surface area (Å²) in [5.41, 5.74) is -0.315. The number of hydrogen-bond donors (Lipinski definition) is 0. The summed E-state index contributed by atoms with van der Waals surface area (Å²) >= 11 is 5.96. The number of nitrogens with zero attached hydrogens (tertiary/aromatic N) is 1. The summed E-state index contributed by atoms with van der Waals surface area (Å²) in [7, 11) is 0. The van der Waals surface area contributed by atoms with Gasteiger partial charge >= 0.3 is 0 Å². The topological polar surface area (TPSA) is 77.3 Å². The molecular weight excluding hydrogens is 282 g/mol. The van der Waals surface area contributed by atoms with E-state index in [4.69, 9.17) is 11.6 Å². The Bertz CT molecular complexity index is 798. The average Bonchev–Trinajstić information content (AvgIpc) is 2.43. The van der Waals surface area contributed by atoms with Crippen LogP contribution >= 0.6 is 11.6 Å². The molecule has 5 nitrogen and oxygen atoms in total. The molecule has 0 spiro atoms. The van der Waals surface area contributed by atoms with Crippen molar-refractivity contribution in [3.8, 4) is 0 Å². The second kappa shape index (κ2) is 4.25. The van der Waals surface area contributed by atoms with Gasteiger partial charge in [-0.05, 0) is 12.1 Å². The van der Waals surface area contributed by atoms with Crippen molar-refractivity contribution < 1.29 is 14.5 Å². The Morgan fingerprint density at radius 2 is 1.45 bits per heavy atom. The molecule has 0 saturated carbocycles. The summed E-state index contributed by atoms with van der Waals surface area (Å²) in [6, 6.07) is 8.47. The van der Waals surface area contributed by atoms with Crippen LogP contribution in [-0.2, 0) is 0 Å². The number of halogens is 1. The number of carbonyl (C=O) groups excluding carboxylic acids is 2. The van der Waals surface area contributed by atoms with Gasteiger partial charge in [0.25, 0.3) is 5.69 Å². The lowest BCUT2D eigenvalue weighted by molar-refractivity contribution is -0.385. The molecule has 2 aromatic carbocycles. The molecule has 0 amide bonds. The van der Waals surface area contributed by atoms with Gasteiger partial charge in [-0.15, -0.1) is 0 Å². The maximum Gasteiger partial charge on any atom is 0.281 e. The molecule has 6 heteroatoms. The molecule has 2 aromatic rings. The first-order chi connectivity index (χ1) is 9.52. The first-order valence-electron chi connectivity index (χ1n) is 5.67. The molecule has 0 heterocycles. The average molecular weight is 288 g/mol. The number of benzene rings is 2. The van der Waals surface area contributed by atoms with E-state index in [-0.39, 0.29) is 33.0 Å². The Kier molecular flexibility index (Phi) is 2.65. The van der Waals surface area contributed by atoms with Crippen LogP contribution in [0.2, 0.25) is 5.02 Å². The molecule has 1 aliphatic rings. The highest BCUT2D eigenvalue weighted by Gasteiger charge is 2.36. The van der Waals surface area contributed by atoms with Crippen LogP contribution in [0.1, 0.15) is 31.8 Å². The fraction of sp³-hybridized carbons (Fsp3) is 0. The fourth-order valence-corrected chi connectivity index (χ4v) is 2.59. The van der Waals surface area contributed by atoms with Crippen molar-refractivity contribution in [2.75, 3.05) is 0 Å². The number of carbonyl (C=O) groups is 2. The fourth-order valence-electron chi connectivity index (χ4n) is 2.33. The third-order valence-electron chi connectivity index (χ3n) is 3.20. The normalized spacial score (nSPS) is 12.8. The van der Waals surface area contributed by atoms with E-state index in [0.29, 0.717) is 0 Å². The maximum absolute atomic E-state index is 12.4. The van der Waals surface area contributed by atoms with E-state index in [1.165, 1.54) is 36.4 Å². The van der Waals surface area contributed by atoms with E-state index in [2.05, 4.69) is 0 Å². The van der Waals surface area contributed by atoms with Crippen molar-refractivity contribution in [2.24, 2.45) is 0 Å². The Labute approximate surface area is 117 Å². The van der Waals surface area contributed by atoms with Crippen molar-refractivity contribution in [2.45, 2.75) is 0 Å². The second-order valence-electron chi connectivity index (χ2n) is 4.28. The number of rotatable bonds is 1. The highest BCUT2D eigenvalue weighted by molar-refractivity contribution is 6.39. The van der Waals surface area contributed by atoms with Crippen LogP contribution in [0.25, 0.3) is 0 Å². The summed E-state index contributed by atoms with van der Waals surface area (Å²) in [5.74, 6) is -1.02. The molecule has 3 rings (SSSR count). The zero-order chi connectivity index (χ0) is 14.4. The van der Waals surface area contributed by atoms with Gasteiger partial charge in [0.15, 0.2) is 5.78 Å². The number of hydrogen-bond acceptors (Lipinski definition) is 4. The van der Waals surface area contributed by atoms with Crippen molar-refractivity contribution in [1.29, 1.82) is 0 Å². The third-order valence-corrected chi connectivity index (χ3v) is 3.51. The van der Waals surface area contributed by atoms with Gasteiger partial charge < -0.3 is 0 Å². The molecule has 0 atom stereocenters. The smallest absolute Gasteiger partial charge is 0.281 e. The molecule has 0 aliphatic heterocycles. The quantitative estimate of drug-likeness (QED) is 0.509. The summed E-state index contributed by atoms with van der Waals surface area (Å²) in [6.07, 6.45) is 0. The Morgan fingerprint density at radius 1 is 0.900 bits per heavy atom. The standard InChI is InChI=1S/C14H6ClNO4/c15-9-5-1-3-7-11(9)13(17)8-4-2-6-10(16(19)20)12(8)14(7)18/h1-6H. The van der Waals surface area contributed by atoms with Crippen molar-refractivity contribution in [3.05, 3.63) is 73.8 Å². The molecule has 0 N–H and O–H groups in total. The predicted molar refractivity (Wildman–Crippen MR) is 71.4 cm³/mol. The van der Waals surface area contributed by atoms with E-state index in [0.717, 1.165) is 0 Å². The number of nitro benzene ring substituents is 1. The second-order valence-corrected chi connectivity index (χ2v) is 4.68. The van der Waals surface area contributed by atoms with Crippen molar-refractivity contribution >= 4 is 28.9 Å². The van der Waals surface area contributed by atoms with Crippen LogP contribution in [0.5, 0.6) is 0 Å². The molecule has 0 fully saturated rings. The first-order valence-corrected chi connectivity index (χ1v) is 6.05. The molecule has 98 valence electrons. The lowest BCUT2D eigenvalue weighted by atomic mass is 9.83. The highest BCUT2D eigenvalue weighted by Crippen LogP contribution is 2.35. The van der Waals surface area contributed by atoms with Crippen LogP contribution in [0, 0.1) is 10.1 Å². The monoisotopic (exact) mass is 287 g/mol. The van der Waals surface area contributed by atoms with Crippen molar-refractivity contribution in [1.82, 2.24) is 0 Å². The SMILES string of the molecule is O=C1c2cccc([N+](=O)[O-])c2C(=O)c2cccc(Cl)c21. The molecule has 1 aliphatic carbocycles. The maximum atomic E-state index is 12.4. The van der Waals surface area contributed by atoms with Gasteiger partial charge in [0.1, 0.15) is 5.56 Å². The van der Waals surface area contributed by atoms with Crippen LogP contribution in [0.3, 0.4) is 0 Å². The Balaban J connectivity index is 2.38. The van der Waals surface area contributed by atoms with Gasteiger partial charge in [0.2, 0.25) is 5.78 Å². The molecule has 20 heavy (non-hydrogen) atoms. The molecule has 0 bridgehead atoms. The minimum Gasteiger partial charge on any atom is -0.288 e. The van der Waals surface area contributed by atoms with E-state index >= 15 is 0 Å². The molecule has 0 unspecified atom stereocenters. The largest absolute Gasteiger partial charge is 0.288 e. The van der Waals surface area contributed by atoms with Gasteiger partial charge in [0.05, 0.1) is 15.5 Å². The van der Waals surface area contributed by atoms with Crippen LogP contribution in [-0.4, -0.2) is 16.5 Å². The number of fused-ring (bicyclic) bond motifs is 2. The van der Waals surface area contributed by atoms with Gasteiger partial charge in [-0.3, -0.25) is 19.7 Å². The van der Waals surface area contributed by atoms with Gasteiger partial charge in [0, 0.05) is 17.2 Å². The van der Waals surface area contributed by atoms with Gasteiger partial charge in [-0.25, -0.2) is 0 Å². The number of nitro groups is 1. The summed E-state index contributed by atoms with van der Waals surface area (Å²) in [6.45, 7) is 0. The lowest BCUT2D eigenvalue weighted by Crippen LogP contribution is -2.22.